The zero-order valence-corrected chi connectivity index (χ0v) is 17.3. The van der Waals surface area contributed by atoms with Gasteiger partial charge >= 0.3 is 5.69 Å². The fourth-order valence-corrected chi connectivity index (χ4v) is 3.94. The van der Waals surface area contributed by atoms with Gasteiger partial charge in [0, 0.05) is 14.1 Å². The number of imidazole rings is 1. The maximum Gasteiger partial charge on any atom is 0.332 e. The molecular weight excluding hydrogens is 406 g/mol. The second-order valence-electron chi connectivity index (χ2n) is 7.65. The number of nitrogens with one attached hydrogen (secondary N) is 1. The van der Waals surface area contributed by atoms with E-state index in [-0.39, 0.29) is 23.6 Å². The molecule has 4 rings (SSSR count). The van der Waals surface area contributed by atoms with Gasteiger partial charge in [0.05, 0.1) is 32.4 Å². The van der Waals surface area contributed by atoms with E-state index in [0.29, 0.717) is 44.3 Å². The summed E-state index contributed by atoms with van der Waals surface area (Å²) >= 11 is 0. The summed E-state index contributed by atoms with van der Waals surface area (Å²) < 4.78 is 8.95. The first-order chi connectivity index (χ1) is 14.8. The number of piperazine rings is 1. The number of carbonyl (C=O) groups is 2. The van der Waals surface area contributed by atoms with Crippen molar-refractivity contribution < 1.29 is 18.9 Å². The van der Waals surface area contributed by atoms with Crippen LogP contribution in [0.25, 0.3) is 11.2 Å². The van der Waals surface area contributed by atoms with Crippen molar-refractivity contribution in [2.75, 3.05) is 26.2 Å². The van der Waals surface area contributed by atoms with Crippen LogP contribution in [0.5, 0.6) is 0 Å². The lowest BCUT2D eigenvalue weighted by Gasteiger charge is -2.31. The summed E-state index contributed by atoms with van der Waals surface area (Å²) in [6, 6.07) is 3.31. The highest BCUT2D eigenvalue weighted by Gasteiger charge is 2.28. The molecule has 12 nitrogen and oxygen atoms in total. The molecule has 1 aliphatic rings. The van der Waals surface area contributed by atoms with Gasteiger partial charge in [-0.15, -0.1) is 0 Å². The Morgan fingerprint density at radius 3 is 2.52 bits per heavy atom. The van der Waals surface area contributed by atoms with Crippen molar-refractivity contribution >= 4 is 23.0 Å². The van der Waals surface area contributed by atoms with Gasteiger partial charge in [0.1, 0.15) is 13.1 Å². The Morgan fingerprint density at radius 2 is 1.90 bits per heavy atom. The fourth-order valence-electron chi connectivity index (χ4n) is 3.94. The van der Waals surface area contributed by atoms with Crippen molar-refractivity contribution in [3.63, 3.8) is 0 Å². The van der Waals surface area contributed by atoms with Gasteiger partial charge in [0.15, 0.2) is 22.7 Å². The smallest absolute Gasteiger partial charge is 0.332 e. The third-order valence-corrected chi connectivity index (χ3v) is 5.64. The molecule has 0 unspecified atom stereocenters. The Balaban J connectivity index is 1.60. The molecule has 1 saturated heterocycles. The molecule has 3 aromatic rings. The fraction of sp³-hybridized carbons (Fsp3) is 0.421. The summed E-state index contributed by atoms with van der Waals surface area (Å²) in [6.45, 7) is 2.58. The highest BCUT2D eigenvalue weighted by molar-refractivity contribution is 5.91. The van der Waals surface area contributed by atoms with Gasteiger partial charge in [-0.2, -0.15) is 0 Å². The number of hydrogen-bond donors (Lipinski definition) is 2. The molecule has 12 heteroatoms. The number of amides is 2. The van der Waals surface area contributed by atoms with Gasteiger partial charge in [-0.25, -0.2) is 9.78 Å². The number of fused-ring (bicyclic) bond motifs is 1. The molecule has 0 spiro atoms. The van der Waals surface area contributed by atoms with Crippen LogP contribution < -0.4 is 21.9 Å². The van der Waals surface area contributed by atoms with E-state index in [2.05, 4.69) is 4.98 Å². The summed E-state index contributed by atoms with van der Waals surface area (Å²) in [5, 5.41) is 0. The van der Waals surface area contributed by atoms with Crippen LogP contribution in [0.2, 0.25) is 0 Å². The Bertz CT molecular complexity index is 1260. The zero-order valence-electron chi connectivity index (χ0n) is 17.3. The van der Waals surface area contributed by atoms with Crippen LogP contribution >= 0.6 is 0 Å². The lowest BCUT2D eigenvalue weighted by molar-refractivity contribution is -0.918. The van der Waals surface area contributed by atoms with Crippen LogP contribution in [0.1, 0.15) is 16.4 Å². The minimum Gasteiger partial charge on any atom is -0.459 e. The van der Waals surface area contributed by atoms with Gasteiger partial charge < -0.3 is 24.5 Å². The molecule has 0 bridgehead atoms. The SMILES string of the molecule is Cn1c(=O)c2c(nc(C[NH+]3CCN(C(=O)c4ccco4)CC3)n2CC(N)=O)n(C)c1=O. The van der Waals surface area contributed by atoms with Gasteiger partial charge in [-0.05, 0) is 12.1 Å². The summed E-state index contributed by atoms with van der Waals surface area (Å²) in [6.07, 6.45) is 1.47. The maximum absolute atomic E-state index is 12.7. The monoisotopic (exact) mass is 430 g/mol. The molecule has 3 N–H and O–H groups in total. The molecule has 0 aliphatic carbocycles. The number of primary amides is 1. The van der Waals surface area contributed by atoms with E-state index in [1.54, 1.807) is 17.0 Å². The predicted octanol–water partition coefficient (Wildman–Crippen LogP) is -2.95. The number of aryl methyl sites for hydroxylation is 1. The Hall–Kier alpha value is -3.67. The summed E-state index contributed by atoms with van der Waals surface area (Å²) in [7, 11) is 2.91. The molecule has 4 heterocycles. The minimum absolute atomic E-state index is 0.150. The number of furan rings is 1. The maximum atomic E-state index is 12.7. The average Bonchev–Trinajstić information content (AvgIpc) is 3.40. The minimum atomic E-state index is -0.611. The third-order valence-electron chi connectivity index (χ3n) is 5.64. The lowest BCUT2D eigenvalue weighted by atomic mass is 10.3. The Labute approximate surface area is 176 Å². The van der Waals surface area contributed by atoms with Crippen LogP contribution in [0.3, 0.4) is 0 Å². The number of carbonyl (C=O) groups excluding carboxylic acids is 2. The van der Waals surface area contributed by atoms with Gasteiger partial charge in [-0.3, -0.25) is 23.5 Å². The standard InChI is InChI=1S/C19H23N7O5/c1-22-16-15(18(29)23(2)19(22)30)26(10-13(20)27)14(21-16)11-24-5-7-25(8-6-24)17(28)12-4-3-9-31-12/h3-4,9H,5-8,10-11H2,1-2H3,(H2,20,27)/p+1. The van der Waals surface area contributed by atoms with Crippen molar-refractivity contribution in [3.8, 4) is 0 Å². The second kappa shape index (κ2) is 7.87. The van der Waals surface area contributed by atoms with E-state index < -0.39 is 17.2 Å². The molecule has 1 fully saturated rings. The molecule has 2 amide bonds. The van der Waals surface area contributed by atoms with Gasteiger partial charge in [0.2, 0.25) is 5.91 Å². The van der Waals surface area contributed by atoms with Crippen molar-refractivity contribution in [1.82, 2.24) is 23.6 Å². The van der Waals surface area contributed by atoms with E-state index in [0.717, 1.165) is 9.47 Å². The highest BCUT2D eigenvalue weighted by atomic mass is 16.3. The third kappa shape index (κ3) is 3.65. The largest absolute Gasteiger partial charge is 0.459 e. The average molecular weight is 430 g/mol. The number of nitrogens with zero attached hydrogens (tertiary/aromatic N) is 5. The Morgan fingerprint density at radius 1 is 1.19 bits per heavy atom. The topological polar surface area (TPSA) is 143 Å². The van der Waals surface area contributed by atoms with Crippen LogP contribution in [0.15, 0.2) is 32.4 Å². The predicted molar refractivity (Wildman–Crippen MR) is 108 cm³/mol. The highest BCUT2D eigenvalue weighted by Crippen LogP contribution is 2.11. The van der Waals surface area contributed by atoms with Crippen LogP contribution in [-0.2, 0) is 32.0 Å². The summed E-state index contributed by atoms with van der Waals surface area (Å²) in [5.41, 5.74) is 4.77. The number of hydrogen-bond acceptors (Lipinski definition) is 6. The number of quaternary nitrogens is 1. The van der Waals surface area contributed by atoms with E-state index in [1.807, 2.05) is 0 Å². The van der Waals surface area contributed by atoms with Crippen molar-refractivity contribution in [3.05, 3.63) is 50.8 Å². The van der Waals surface area contributed by atoms with Crippen molar-refractivity contribution in [2.45, 2.75) is 13.1 Å². The quantitative estimate of drug-likeness (QED) is 0.443. The van der Waals surface area contributed by atoms with Crippen LogP contribution in [0, 0.1) is 0 Å². The van der Waals surface area contributed by atoms with Gasteiger partial charge in [-0.1, -0.05) is 0 Å². The molecule has 31 heavy (non-hydrogen) atoms. The van der Waals surface area contributed by atoms with Crippen LogP contribution in [0.4, 0.5) is 0 Å². The second-order valence-corrected chi connectivity index (χ2v) is 7.65. The summed E-state index contributed by atoms with van der Waals surface area (Å²) in [5.74, 6) is 0.0419. The van der Waals surface area contributed by atoms with E-state index in [4.69, 9.17) is 10.2 Å². The molecular formula is C19H24N7O5+. The van der Waals surface area contributed by atoms with Crippen molar-refractivity contribution in [1.29, 1.82) is 0 Å². The molecule has 164 valence electrons. The molecule has 0 atom stereocenters. The Kier molecular flexibility index (Phi) is 5.23. The first-order valence-electron chi connectivity index (χ1n) is 9.87. The van der Waals surface area contributed by atoms with Gasteiger partial charge in [0.25, 0.3) is 11.5 Å². The first-order valence-corrected chi connectivity index (χ1v) is 9.87. The van der Waals surface area contributed by atoms with E-state index in [9.17, 15) is 19.2 Å². The lowest BCUT2D eigenvalue weighted by Crippen LogP contribution is -3.13. The number of nitrogens with two attached hydrogens (primary N) is 1. The van der Waals surface area contributed by atoms with Crippen molar-refractivity contribution in [2.24, 2.45) is 19.8 Å². The molecule has 0 radical (unpaired) electrons. The normalized spacial score (nSPS) is 15.0. The first kappa shape index (κ1) is 20.6. The molecule has 1 aliphatic heterocycles. The van der Waals surface area contributed by atoms with E-state index in [1.165, 1.54) is 29.5 Å². The molecule has 3 aromatic heterocycles. The number of rotatable bonds is 5. The number of aromatic nitrogens is 4. The summed E-state index contributed by atoms with van der Waals surface area (Å²) in [4.78, 5) is 56.5. The molecule has 0 aromatic carbocycles. The van der Waals surface area contributed by atoms with Crippen LogP contribution in [-0.4, -0.2) is 61.6 Å². The molecule has 0 saturated carbocycles. The zero-order chi connectivity index (χ0) is 22.3. The van der Waals surface area contributed by atoms with E-state index >= 15 is 0 Å².